The molecule has 112 valence electrons. The van der Waals surface area contributed by atoms with Crippen LogP contribution in [-0.4, -0.2) is 43.2 Å². The van der Waals surface area contributed by atoms with Crippen molar-refractivity contribution in [3.8, 4) is 0 Å². The van der Waals surface area contributed by atoms with Crippen molar-refractivity contribution in [2.75, 3.05) is 26.2 Å². The molecule has 2 fully saturated rings. The third-order valence-electron chi connectivity index (χ3n) is 4.37. The van der Waals surface area contributed by atoms with Gasteiger partial charge >= 0.3 is 6.18 Å². The molecule has 0 radical (unpaired) electrons. The zero-order chi connectivity index (χ0) is 13.4. The first kappa shape index (κ1) is 16.6. The Labute approximate surface area is 117 Å². The quantitative estimate of drug-likeness (QED) is 0.744. The summed E-state index contributed by atoms with van der Waals surface area (Å²) in [6, 6.07) is 0. The SMILES string of the molecule is CC(=O)N1CC[C@@H](C(F)(F)F)C2(CCNCC2)C1.Cl. The molecular formula is C12H20ClF3N2O. The maximum Gasteiger partial charge on any atom is 0.392 e. The molecule has 2 aliphatic rings. The smallest absolute Gasteiger partial charge is 0.342 e. The number of amides is 1. The van der Waals surface area contributed by atoms with E-state index in [9.17, 15) is 18.0 Å². The summed E-state index contributed by atoms with van der Waals surface area (Å²) in [4.78, 5) is 13.0. The zero-order valence-electron chi connectivity index (χ0n) is 10.9. The zero-order valence-corrected chi connectivity index (χ0v) is 11.7. The van der Waals surface area contributed by atoms with Crippen LogP contribution < -0.4 is 5.32 Å². The Bertz CT molecular complexity index is 329. The lowest BCUT2D eigenvalue weighted by Gasteiger charge is -2.50. The minimum atomic E-state index is -4.15. The van der Waals surface area contributed by atoms with E-state index in [2.05, 4.69) is 5.32 Å². The third kappa shape index (κ3) is 3.34. The lowest BCUT2D eigenvalue weighted by Crippen LogP contribution is -2.57. The maximum atomic E-state index is 13.2. The monoisotopic (exact) mass is 300 g/mol. The van der Waals surface area contributed by atoms with Crippen LogP contribution in [0.15, 0.2) is 0 Å². The average Bonchev–Trinajstić information content (AvgIpc) is 2.28. The summed E-state index contributed by atoms with van der Waals surface area (Å²) in [5.74, 6) is -1.38. The van der Waals surface area contributed by atoms with Crippen LogP contribution >= 0.6 is 12.4 Å². The van der Waals surface area contributed by atoms with Gasteiger partial charge in [0.15, 0.2) is 0 Å². The number of likely N-dealkylation sites (tertiary alicyclic amines) is 1. The molecule has 0 saturated carbocycles. The van der Waals surface area contributed by atoms with Gasteiger partial charge in [0.1, 0.15) is 0 Å². The molecule has 1 atom stereocenters. The second kappa shape index (κ2) is 5.87. The summed E-state index contributed by atoms with van der Waals surface area (Å²) >= 11 is 0. The highest BCUT2D eigenvalue weighted by molar-refractivity contribution is 5.85. The van der Waals surface area contributed by atoms with Crippen LogP contribution in [-0.2, 0) is 4.79 Å². The summed E-state index contributed by atoms with van der Waals surface area (Å²) in [6.45, 7) is 3.14. The Morgan fingerprint density at radius 1 is 1.32 bits per heavy atom. The highest BCUT2D eigenvalue weighted by atomic mass is 35.5. The molecule has 7 heteroatoms. The number of nitrogens with zero attached hydrogens (tertiary/aromatic N) is 1. The molecule has 1 spiro atoms. The summed E-state index contributed by atoms with van der Waals surface area (Å²) < 4.78 is 39.5. The van der Waals surface area contributed by atoms with Gasteiger partial charge in [-0.25, -0.2) is 0 Å². The number of hydrogen-bond acceptors (Lipinski definition) is 2. The van der Waals surface area contributed by atoms with E-state index in [4.69, 9.17) is 0 Å². The Kier molecular flexibility index (Phi) is 5.12. The highest BCUT2D eigenvalue weighted by Gasteiger charge is 2.55. The Morgan fingerprint density at radius 3 is 2.37 bits per heavy atom. The van der Waals surface area contributed by atoms with Gasteiger partial charge in [-0.2, -0.15) is 13.2 Å². The van der Waals surface area contributed by atoms with Crippen molar-refractivity contribution in [3.63, 3.8) is 0 Å². The number of rotatable bonds is 0. The van der Waals surface area contributed by atoms with Gasteiger partial charge in [0.2, 0.25) is 5.91 Å². The molecule has 2 saturated heterocycles. The standard InChI is InChI=1S/C12H19F3N2O.ClH/c1-9(18)17-7-2-10(12(13,14)15)11(8-17)3-5-16-6-4-11;/h10,16H,2-8H2,1H3;1H/t10-;/m1./s1. The fraction of sp³-hybridized carbons (Fsp3) is 0.917. The lowest BCUT2D eigenvalue weighted by molar-refractivity contribution is -0.227. The first-order valence-corrected chi connectivity index (χ1v) is 6.38. The summed E-state index contributed by atoms with van der Waals surface area (Å²) in [6.07, 6.45) is -3.11. The van der Waals surface area contributed by atoms with Gasteiger partial charge in [0.05, 0.1) is 5.92 Å². The summed E-state index contributed by atoms with van der Waals surface area (Å²) in [5.41, 5.74) is -0.770. The predicted octanol–water partition coefficient (Wildman–Crippen LogP) is 2.21. The van der Waals surface area contributed by atoms with Gasteiger partial charge in [-0.1, -0.05) is 0 Å². The second-order valence-electron chi connectivity index (χ2n) is 5.44. The van der Waals surface area contributed by atoms with Crippen LogP contribution in [0.5, 0.6) is 0 Å². The number of hydrogen-bond donors (Lipinski definition) is 1. The van der Waals surface area contributed by atoms with Crippen molar-refractivity contribution in [3.05, 3.63) is 0 Å². The minimum absolute atomic E-state index is 0. The maximum absolute atomic E-state index is 13.2. The molecule has 0 aromatic heterocycles. The molecule has 1 amide bonds. The van der Waals surface area contributed by atoms with Gasteiger partial charge in [0, 0.05) is 25.4 Å². The van der Waals surface area contributed by atoms with Crippen LogP contribution in [0.25, 0.3) is 0 Å². The van der Waals surface area contributed by atoms with Crippen LogP contribution in [0.3, 0.4) is 0 Å². The van der Waals surface area contributed by atoms with Crippen molar-refractivity contribution in [1.82, 2.24) is 10.2 Å². The van der Waals surface area contributed by atoms with E-state index < -0.39 is 17.5 Å². The van der Waals surface area contributed by atoms with Gasteiger partial charge < -0.3 is 10.2 Å². The lowest BCUT2D eigenvalue weighted by atomic mass is 9.65. The van der Waals surface area contributed by atoms with Gasteiger partial charge in [-0.15, -0.1) is 12.4 Å². The van der Waals surface area contributed by atoms with E-state index in [0.717, 1.165) is 0 Å². The number of piperidine rings is 2. The van der Waals surface area contributed by atoms with E-state index in [1.807, 2.05) is 0 Å². The predicted molar refractivity (Wildman–Crippen MR) is 68.2 cm³/mol. The Balaban J connectivity index is 0.00000180. The van der Waals surface area contributed by atoms with Gasteiger partial charge in [-0.3, -0.25) is 4.79 Å². The molecule has 0 aliphatic carbocycles. The largest absolute Gasteiger partial charge is 0.392 e. The highest BCUT2D eigenvalue weighted by Crippen LogP contribution is 2.50. The van der Waals surface area contributed by atoms with Crippen LogP contribution in [0.1, 0.15) is 26.2 Å². The topological polar surface area (TPSA) is 32.3 Å². The molecular weight excluding hydrogens is 281 g/mol. The van der Waals surface area contributed by atoms with E-state index in [0.29, 0.717) is 25.9 Å². The normalized spacial score (nSPS) is 26.9. The Morgan fingerprint density at radius 2 is 1.89 bits per heavy atom. The second-order valence-corrected chi connectivity index (χ2v) is 5.44. The van der Waals surface area contributed by atoms with E-state index >= 15 is 0 Å². The van der Waals surface area contributed by atoms with Crippen molar-refractivity contribution in [1.29, 1.82) is 0 Å². The molecule has 0 aromatic rings. The summed E-state index contributed by atoms with van der Waals surface area (Å²) in [5, 5.41) is 3.10. The van der Waals surface area contributed by atoms with Crippen molar-refractivity contribution in [2.24, 2.45) is 11.3 Å². The molecule has 3 nitrogen and oxygen atoms in total. The minimum Gasteiger partial charge on any atom is -0.342 e. The molecule has 19 heavy (non-hydrogen) atoms. The van der Waals surface area contributed by atoms with E-state index in [1.54, 1.807) is 4.90 Å². The van der Waals surface area contributed by atoms with Crippen molar-refractivity contribution >= 4 is 18.3 Å². The fourth-order valence-electron chi connectivity index (χ4n) is 3.37. The molecule has 2 rings (SSSR count). The van der Waals surface area contributed by atoms with Gasteiger partial charge in [0.25, 0.3) is 0 Å². The number of carbonyl (C=O) groups excluding carboxylic acids is 1. The Hall–Kier alpha value is -0.490. The molecule has 2 heterocycles. The molecule has 0 bridgehead atoms. The first-order chi connectivity index (χ1) is 8.35. The average molecular weight is 301 g/mol. The van der Waals surface area contributed by atoms with E-state index in [1.165, 1.54) is 6.92 Å². The number of alkyl halides is 3. The first-order valence-electron chi connectivity index (χ1n) is 6.38. The van der Waals surface area contributed by atoms with Gasteiger partial charge in [-0.05, 0) is 32.4 Å². The summed E-state index contributed by atoms with van der Waals surface area (Å²) in [7, 11) is 0. The number of nitrogens with one attached hydrogen (secondary N) is 1. The fourth-order valence-corrected chi connectivity index (χ4v) is 3.37. The number of halogens is 4. The molecule has 1 N–H and O–H groups in total. The molecule has 0 unspecified atom stereocenters. The molecule has 0 aromatic carbocycles. The molecule has 2 aliphatic heterocycles. The van der Waals surface area contributed by atoms with Crippen LogP contribution in [0.4, 0.5) is 13.2 Å². The van der Waals surface area contributed by atoms with Crippen LogP contribution in [0, 0.1) is 11.3 Å². The van der Waals surface area contributed by atoms with Crippen LogP contribution in [0.2, 0.25) is 0 Å². The van der Waals surface area contributed by atoms with Crippen molar-refractivity contribution < 1.29 is 18.0 Å². The van der Waals surface area contributed by atoms with E-state index in [-0.39, 0.29) is 37.8 Å². The number of carbonyl (C=O) groups is 1. The van der Waals surface area contributed by atoms with Crippen molar-refractivity contribution in [2.45, 2.75) is 32.4 Å². The third-order valence-corrected chi connectivity index (χ3v) is 4.37.